The quantitative estimate of drug-likeness (QED) is 0.615. The van der Waals surface area contributed by atoms with Crippen LogP contribution in [0, 0.1) is 11.6 Å². The van der Waals surface area contributed by atoms with E-state index >= 15 is 0 Å². The van der Waals surface area contributed by atoms with Crippen molar-refractivity contribution in [2.45, 2.75) is 6.54 Å². The molecule has 1 N–H and O–H groups in total. The van der Waals surface area contributed by atoms with E-state index in [4.69, 9.17) is 11.6 Å². The van der Waals surface area contributed by atoms with Gasteiger partial charge in [0.25, 0.3) is 11.8 Å². The van der Waals surface area contributed by atoms with Gasteiger partial charge in [-0.15, -0.1) is 0 Å². The van der Waals surface area contributed by atoms with Crippen LogP contribution in [-0.4, -0.2) is 21.7 Å². The highest BCUT2D eigenvalue weighted by atomic mass is 35.5. The Hall–Kier alpha value is -3.58. The lowest BCUT2D eigenvalue weighted by molar-refractivity contribution is -0.137. The topological polar surface area (TPSA) is 62.3 Å². The fraction of sp³-hybridized carbons (Fsp3) is 0.0455. The first-order valence-corrected chi connectivity index (χ1v) is 9.29. The van der Waals surface area contributed by atoms with E-state index in [1.54, 1.807) is 48.8 Å². The van der Waals surface area contributed by atoms with Gasteiger partial charge in [-0.05, 0) is 47.5 Å². The Balaban J connectivity index is 1.75. The molecule has 150 valence electrons. The monoisotopic (exact) mass is 425 g/mol. The summed E-state index contributed by atoms with van der Waals surface area (Å²) in [7, 11) is 0. The van der Waals surface area contributed by atoms with Crippen molar-refractivity contribution in [1.29, 1.82) is 0 Å². The second-order valence-corrected chi connectivity index (χ2v) is 7.00. The maximum atomic E-state index is 13.6. The fourth-order valence-corrected chi connectivity index (χ4v) is 3.23. The predicted molar refractivity (Wildman–Crippen MR) is 108 cm³/mol. The SMILES string of the molecule is O=C1C(Nc2ccc(F)c(F)c2)=C(c2ccc(Cl)cc2)C(=O)N1Cc1ccncc1. The Morgan fingerprint density at radius 3 is 2.27 bits per heavy atom. The Kier molecular flexibility index (Phi) is 5.29. The van der Waals surface area contributed by atoms with Gasteiger partial charge >= 0.3 is 0 Å². The molecule has 0 saturated carbocycles. The molecule has 0 saturated heterocycles. The highest BCUT2D eigenvalue weighted by Gasteiger charge is 2.39. The van der Waals surface area contributed by atoms with Gasteiger partial charge < -0.3 is 5.32 Å². The van der Waals surface area contributed by atoms with Crippen LogP contribution in [-0.2, 0) is 16.1 Å². The van der Waals surface area contributed by atoms with Gasteiger partial charge in [-0.3, -0.25) is 19.5 Å². The molecular weight excluding hydrogens is 412 g/mol. The van der Waals surface area contributed by atoms with Crippen molar-refractivity contribution >= 4 is 34.7 Å². The predicted octanol–water partition coefficient (Wildman–Crippen LogP) is 4.41. The van der Waals surface area contributed by atoms with E-state index in [0.29, 0.717) is 10.6 Å². The number of benzene rings is 2. The van der Waals surface area contributed by atoms with Crippen molar-refractivity contribution in [3.05, 3.63) is 100 Å². The molecule has 2 heterocycles. The zero-order valence-corrected chi connectivity index (χ0v) is 16.2. The maximum absolute atomic E-state index is 13.6. The number of halogens is 3. The molecule has 1 aromatic heterocycles. The van der Waals surface area contributed by atoms with Gasteiger partial charge in [-0.2, -0.15) is 0 Å². The van der Waals surface area contributed by atoms with E-state index in [9.17, 15) is 18.4 Å². The summed E-state index contributed by atoms with van der Waals surface area (Å²) in [5.74, 6) is -3.17. The first-order valence-electron chi connectivity index (χ1n) is 8.91. The molecule has 0 fully saturated rings. The minimum atomic E-state index is -1.07. The van der Waals surface area contributed by atoms with Crippen LogP contribution >= 0.6 is 11.6 Å². The Bertz CT molecular complexity index is 1160. The second-order valence-electron chi connectivity index (χ2n) is 6.56. The molecule has 0 bridgehead atoms. The molecule has 0 atom stereocenters. The van der Waals surface area contributed by atoms with Crippen LogP contribution in [0.4, 0.5) is 14.5 Å². The lowest BCUT2D eigenvalue weighted by Gasteiger charge is -2.15. The van der Waals surface area contributed by atoms with Crippen molar-refractivity contribution in [2.75, 3.05) is 5.32 Å². The van der Waals surface area contributed by atoms with Crippen LogP contribution in [0.25, 0.3) is 5.57 Å². The second kappa shape index (κ2) is 8.04. The standard InChI is InChI=1S/C22H14ClF2N3O2/c23-15-3-1-14(2-4-15)19-20(27-16-5-6-17(24)18(25)11-16)22(30)28(21(19)29)12-13-7-9-26-10-8-13/h1-11,27H,12H2. The van der Waals surface area contributed by atoms with Crippen molar-refractivity contribution < 1.29 is 18.4 Å². The number of imide groups is 1. The molecule has 5 nitrogen and oxygen atoms in total. The fourth-order valence-electron chi connectivity index (χ4n) is 3.11. The molecule has 0 radical (unpaired) electrons. The van der Waals surface area contributed by atoms with E-state index in [2.05, 4.69) is 10.3 Å². The molecule has 8 heteroatoms. The summed E-state index contributed by atoms with van der Waals surface area (Å²) in [5, 5.41) is 3.26. The highest BCUT2D eigenvalue weighted by molar-refractivity contribution is 6.36. The number of hydrogen-bond acceptors (Lipinski definition) is 4. The van der Waals surface area contributed by atoms with Gasteiger partial charge in [0.1, 0.15) is 5.70 Å². The molecule has 2 aromatic carbocycles. The van der Waals surface area contributed by atoms with Crippen LogP contribution in [0.1, 0.15) is 11.1 Å². The number of hydrogen-bond donors (Lipinski definition) is 1. The number of rotatable bonds is 5. The number of carbonyl (C=O) groups excluding carboxylic acids is 2. The zero-order valence-electron chi connectivity index (χ0n) is 15.4. The average molecular weight is 426 g/mol. The van der Waals surface area contributed by atoms with Gasteiger partial charge in [0.15, 0.2) is 11.6 Å². The van der Waals surface area contributed by atoms with E-state index in [1.807, 2.05) is 0 Å². The van der Waals surface area contributed by atoms with Crippen molar-refractivity contribution in [3.63, 3.8) is 0 Å². The number of carbonyl (C=O) groups is 2. The Morgan fingerprint density at radius 1 is 0.900 bits per heavy atom. The molecule has 2 amide bonds. The van der Waals surface area contributed by atoms with Gasteiger partial charge in [-0.25, -0.2) is 8.78 Å². The lowest BCUT2D eigenvalue weighted by atomic mass is 10.0. The molecule has 1 aliphatic heterocycles. The van der Waals surface area contributed by atoms with Crippen molar-refractivity contribution in [3.8, 4) is 0 Å². The molecule has 0 aliphatic carbocycles. The van der Waals surface area contributed by atoms with Crippen LogP contribution < -0.4 is 5.32 Å². The smallest absolute Gasteiger partial charge is 0.278 e. The Labute approximate surface area is 175 Å². The van der Waals surface area contributed by atoms with E-state index in [-0.39, 0.29) is 23.5 Å². The van der Waals surface area contributed by atoms with E-state index in [1.165, 1.54) is 6.07 Å². The van der Waals surface area contributed by atoms with Crippen molar-refractivity contribution in [2.24, 2.45) is 0 Å². The number of nitrogens with one attached hydrogen (secondary N) is 1. The molecule has 0 unspecified atom stereocenters. The maximum Gasteiger partial charge on any atom is 0.278 e. The summed E-state index contributed by atoms with van der Waals surface area (Å²) < 4.78 is 26.9. The normalized spacial score (nSPS) is 13.9. The first-order chi connectivity index (χ1) is 14.4. The summed E-state index contributed by atoms with van der Waals surface area (Å²) >= 11 is 5.94. The zero-order chi connectivity index (χ0) is 21.3. The summed E-state index contributed by atoms with van der Waals surface area (Å²) in [6, 6.07) is 13.0. The first kappa shape index (κ1) is 19.7. The summed E-state index contributed by atoms with van der Waals surface area (Å²) in [6.07, 6.45) is 3.13. The third kappa shape index (κ3) is 3.79. The van der Waals surface area contributed by atoms with Gasteiger partial charge in [0.2, 0.25) is 0 Å². The molecule has 1 aliphatic rings. The van der Waals surface area contributed by atoms with Gasteiger partial charge in [0, 0.05) is 29.2 Å². The van der Waals surface area contributed by atoms with Gasteiger partial charge in [0.05, 0.1) is 12.1 Å². The largest absolute Gasteiger partial charge is 0.350 e. The molecule has 0 spiro atoms. The minimum Gasteiger partial charge on any atom is -0.350 e. The number of aromatic nitrogens is 1. The van der Waals surface area contributed by atoms with Crippen molar-refractivity contribution in [1.82, 2.24) is 9.88 Å². The third-order valence-corrected chi connectivity index (χ3v) is 4.83. The van der Waals surface area contributed by atoms with Crippen LogP contribution in [0.3, 0.4) is 0 Å². The number of nitrogens with zero attached hydrogens (tertiary/aromatic N) is 2. The summed E-state index contributed by atoms with van der Waals surface area (Å²) in [5.41, 5.74) is 1.43. The molecule has 4 rings (SSSR count). The molecular formula is C22H14ClF2N3O2. The number of amides is 2. The van der Waals surface area contributed by atoms with Gasteiger partial charge in [-0.1, -0.05) is 23.7 Å². The van der Waals surface area contributed by atoms with Crippen LogP contribution in [0.2, 0.25) is 5.02 Å². The third-order valence-electron chi connectivity index (χ3n) is 4.58. The highest BCUT2D eigenvalue weighted by Crippen LogP contribution is 2.32. The summed E-state index contributed by atoms with van der Waals surface area (Å²) in [6.45, 7) is 0.0419. The minimum absolute atomic E-state index is 0.0256. The number of pyridine rings is 1. The summed E-state index contributed by atoms with van der Waals surface area (Å²) in [4.78, 5) is 31.3. The molecule has 30 heavy (non-hydrogen) atoms. The average Bonchev–Trinajstić information content (AvgIpc) is 2.96. The van der Waals surface area contributed by atoms with Crippen LogP contribution in [0.15, 0.2) is 72.7 Å². The number of anilines is 1. The van der Waals surface area contributed by atoms with Crippen LogP contribution in [0.5, 0.6) is 0 Å². The lowest BCUT2D eigenvalue weighted by Crippen LogP contribution is -2.32. The van der Waals surface area contributed by atoms with E-state index < -0.39 is 23.4 Å². The Morgan fingerprint density at radius 2 is 1.60 bits per heavy atom. The molecule has 3 aromatic rings. The van der Waals surface area contributed by atoms with E-state index in [0.717, 1.165) is 22.6 Å².